The first-order chi connectivity index (χ1) is 14.2. The van der Waals surface area contributed by atoms with Crippen molar-refractivity contribution in [1.82, 2.24) is 10.2 Å². The zero-order valence-corrected chi connectivity index (χ0v) is 17.1. The molecule has 1 aliphatic rings. The maximum Gasteiger partial charge on any atom is 0.260 e. The van der Waals surface area contributed by atoms with E-state index in [1.807, 2.05) is 49.4 Å². The van der Waals surface area contributed by atoms with Gasteiger partial charge < -0.3 is 15.0 Å². The van der Waals surface area contributed by atoms with Crippen molar-refractivity contribution in [2.24, 2.45) is 5.92 Å². The van der Waals surface area contributed by atoms with Crippen LogP contribution in [0.15, 0.2) is 54.6 Å². The van der Waals surface area contributed by atoms with Crippen molar-refractivity contribution in [3.05, 3.63) is 65.7 Å². The molecule has 0 radical (unpaired) electrons. The number of benzene rings is 2. The van der Waals surface area contributed by atoms with E-state index in [2.05, 4.69) is 17.4 Å². The van der Waals surface area contributed by atoms with Crippen LogP contribution >= 0.6 is 0 Å². The van der Waals surface area contributed by atoms with Crippen molar-refractivity contribution < 1.29 is 14.3 Å². The summed E-state index contributed by atoms with van der Waals surface area (Å²) < 4.78 is 5.89. The first kappa shape index (κ1) is 20.9. The van der Waals surface area contributed by atoms with Crippen LogP contribution in [0.1, 0.15) is 37.3 Å². The summed E-state index contributed by atoms with van der Waals surface area (Å²) >= 11 is 0. The minimum atomic E-state index is -0.121. The average Bonchev–Trinajstić information content (AvgIpc) is 2.77. The van der Waals surface area contributed by atoms with Gasteiger partial charge in [-0.3, -0.25) is 9.59 Å². The van der Waals surface area contributed by atoms with Gasteiger partial charge in [0.1, 0.15) is 5.75 Å². The van der Waals surface area contributed by atoms with Gasteiger partial charge in [-0.05, 0) is 36.5 Å². The normalized spacial score (nSPS) is 16.3. The van der Waals surface area contributed by atoms with Crippen LogP contribution in [-0.4, -0.2) is 43.0 Å². The highest BCUT2D eigenvalue weighted by Gasteiger charge is 2.28. The van der Waals surface area contributed by atoms with Gasteiger partial charge in [0.15, 0.2) is 6.61 Å². The SMILES string of the molecule is CCCNC(=O)C1CCCN(C(=O)COc2ccccc2Cc2ccccc2)C1. The minimum absolute atomic E-state index is 0.00486. The van der Waals surface area contributed by atoms with Crippen molar-refractivity contribution in [3.8, 4) is 5.75 Å². The molecule has 1 aliphatic heterocycles. The molecular weight excluding hydrogens is 364 g/mol. The Morgan fingerprint density at radius 2 is 1.86 bits per heavy atom. The Labute approximate surface area is 173 Å². The van der Waals surface area contributed by atoms with Crippen molar-refractivity contribution in [2.45, 2.75) is 32.6 Å². The number of hydrogen-bond donors (Lipinski definition) is 1. The van der Waals surface area contributed by atoms with E-state index in [1.54, 1.807) is 4.90 Å². The van der Waals surface area contributed by atoms with Crippen molar-refractivity contribution in [1.29, 1.82) is 0 Å². The summed E-state index contributed by atoms with van der Waals surface area (Å²) in [5, 5.41) is 2.94. The Morgan fingerprint density at radius 3 is 2.66 bits per heavy atom. The third kappa shape index (κ3) is 6.08. The van der Waals surface area contributed by atoms with E-state index in [1.165, 1.54) is 5.56 Å². The summed E-state index contributed by atoms with van der Waals surface area (Å²) in [6, 6.07) is 18.0. The molecule has 2 aromatic carbocycles. The van der Waals surface area contributed by atoms with Crippen molar-refractivity contribution >= 4 is 11.8 Å². The Balaban J connectivity index is 1.56. The Kier molecular flexibility index (Phi) is 7.68. The first-order valence-corrected chi connectivity index (χ1v) is 10.5. The van der Waals surface area contributed by atoms with E-state index in [9.17, 15) is 9.59 Å². The van der Waals surface area contributed by atoms with E-state index < -0.39 is 0 Å². The van der Waals surface area contributed by atoms with Gasteiger partial charge in [0.05, 0.1) is 5.92 Å². The molecule has 2 aromatic rings. The van der Waals surface area contributed by atoms with Crippen LogP contribution in [0.25, 0.3) is 0 Å². The van der Waals surface area contributed by atoms with E-state index in [4.69, 9.17) is 4.74 Å². The molecular formula is C24H30N2O3. The molecule has 1 unspecified atom stereocenters. The molecule has 1 N–H and O–H groups in total. The number of likely N-dealkylation sites (tertiary alicyclic amines) is 1. The Morgan fingerprint density at radius 1 is 1.10 bits per heavy atom. The predicted molar refractivity (Wildman–Crippen MR) is 114 cm³/mol. The van der Waals surface area contributed by atoms with Crippen LogP contribution in [0, 0.1) is 5.92 Å². The first-order valence-electron chi connectivity index (χ1n) is 10.5. The molecule has 5 heteroatoms. The topological polar surface area (TPSA) is 58.6 Å². The third-order valence-corrected chi connectivity index (χ3v) is 5.26. The molecule has 1 atom stereocenters. The van der Waals surface area contributed by atoms with Crippen LogP contribution in [-0.2, 0) is 16.0 Å². The molecule has 0 spiro atoms. The zero-order valence-electron chi connectivity index (χ0n) is 17.1. The number of nitrogens with one attached hydrogen (secondary N) is 1. The molecule has 1 saturated heterocycles. The maximum atomic E-state index is 12.7. The monoisotopic (exact) mass is 394 g/mol. The van der Waals surface area contributed by atoms with Gasteiger partial charge in [-0.1, -0.05) is 55.5 Å². The average molecular weight is 395 g/mol. The molecule has 0 bridgehead atoms. The highest BCUT2D eigenvalue weighted by Crippen LogP contribution is 2.22. The fourth-order valence-electron chi connectivity index (χ4n) is 3.65. The number of rotatable bonds is 8. The smallest absolute Gasteiger partial charge is 0.260 e. The molecule has 2 amide bonds. The molecule has 3 rings (SSSR count). The highest BCUT2D eigenvalue weighted by atomic mass is 16.5. The summed E-state index contributed by atoms with van der Waals surface area (Å²) in [5.41, 5.74) is 2.26. The lowest BCUT2D eigenvalue weighted by molar-refractivity contribution is -0.137. The number of carbonyl (C=O) groups is 2. The van der Waals surface area contributed by atoms with Crippen LogP contribution in [0.5, 0.6) is 5.75 Å². The van der Waals surface area contributed by atoms with Gasteiger partial charge >= 0.3 is 0 Å². The van der Waals surface area contributed by atoms with Gasteiger partial charge in [0.2, 0.25) is 5.91 Å². The molecule has 5 nitrogen and oxygen atoms in total. The molecule has 0 aliphatic carbocycles. The Bertz CT molecular complexity index is 807. The summed E-state index contributed by atoms with van der Waals surface area (Å²) in [7, 11) is 0. The summed E-state index contributed by atoms with van der Waals surface area (Å²) in [4.78, 5) is 26.7. The fourth-order valence-corrected chi connectivity index (χ4v) is 3.65. The van der Waals surface area contributed by atoms with Gasteiger partial charge in [-0.15, -0.1) is 0 Å². The molecule has 29 heavy (non-hydrogen) atoms. The van der Waals surface area contributed by atoms with E-state index >= 15 is 0 Å². The summed E-state index contributed by atoms with van der Waals surface area (Å²) in [6.45, 7) is 3.87. The van der Waals surface area contributed by atoms with E-state index in [-0.39, 0.29) is 24.3 Å². The summed E-state index contributed by atoms with van der Waals surface area (Å²) in [5.74, 6) is 0.606. The van der Waals surface area contributed by atoms with Crippen LogP contribution in [0.4, 0.5) is 0 Å². The van der Waals surface area contributed by atoms with Gasteiger partial charge in [0, 0.05) is 26.1 Å². The van der Waals surface area contributed by atoms with Crippen molar-refractivity contribution in [2.75, 3.05) is 26.2 Å². The molecule has 0 aromatic heterocycles. The van der Waals surface area contributed by atoms with E-state index in [0.717, 1.165) is 37.0 Å². The van der Waals surface area contributed by atoms with Crippen molar-refractivity contribution in [3.63, 3.8) is 0 Å². The van der Waals surface area contributed by atoms with E-state index in [0.29, 0.717) is 19.6 Å². The minimum Gasteiger partial charge on any atom is -0.483 e. The third-order valence-electron chi connectivity index (χ3n) is 5.26. The lowest BCUT2D eigenvalue weighted by Gasteiger charge is -2.32. The lowest BCUT2D eigenvalue weighted by atomic mass is 9.97. The van der Waals surface area contributed by atoms with Crippen LogP contribution in [0.3, 0.4) is 0 Å². The Hall–Kier alpha value is -2.82. The zero-order chi connectivity index (χ0) is 20.5. The molecule has 154 valence electrons. The lowest BCUT2D eigenvalue weighted by Crippen LogP contribution is -2.47. The number of amides is 2. The number of ether oxygens (including phenoxy) is 1. The number of para-hydroxylation sites is 1. The van der Waals surface area contributed by atoms with Crippen LogP contribution in [0.2, 0.25) is 0 Å². The maximum absolute atomic E-state index is 12.7. The summed E-state index contributed by atoms with van der Waals surface area (Å²) in [6.07, 6.45) is 3.35. The second kappa shape index (κ2) is 10.6. The van der Waals surface area contributed by atoms with Gasteiger partial charge in [-0.25, -0.2) is 0 Å². The fraction of sp³-hybridized carbons (Fsp3) is 0.417. The largest absolute Gasteiger partial charge is 0.483 e. The predicted octanol–water partition coefficient (Wildman–Crippen LogP) is 3.42. The second-order valence-corrected chi connectivity index (χ2v) is 7.53. The molecule has 1 fully saturated rings. The number of piperidine rings is 1. The number of carbonyl (C=O) groups excluding carboxylic acids is 2. The molecule has 0 saturated carbocycles. The number of hydrogen-bond acceptors (Lipinski definition) is 3. The second-order valence-electron chi connectivity index (χ2n) is 7.53. The van der Waals surface area contributed by atoms with Gasteiger partial charge in [0.25, 0.3) is 5.91 Å². The highest BCUT2D eigenvalue weighted by molar-refractivity contribution is 5.82. The number of nitrogens with zero attached hydrogens (tertiary/aromatic N) is 1. The molecule has 1 heterocycles. The van der Waals surface area contributed by atoms with Gasteiger partial charge in [-0.2, -0.15) is 0 Å². The standard InChI is InChI=1S/C24H30N2O3/c1-2-14-25-24(28)21-12-8-15-26(17-21)23(27)18-29-22-13-7-6-11-20(22)16-19-9-4-3-5-10-19/h3-7,9-11,13,21H,2,8,12,14-18H2,1H3,(H,25,28). The quantitative estimate of drug-likeness (QED) is 0.746. The van der Waals surface area contributed by atoms with Crippen LogP contribution < -0.4 is 10.1 Å².